The van der Waals surface area contributed by atoms with Crippen molar-refractivity contribution in [2.45, 2.75) is 39.3 Å². The van der Waals surface area contributed by atoms with E-state index in [1.54, 1.807) is 7.11 Å². The van der Waals surface area contributed by atoms with E-state index in [0.717, 1.165) is 19.6 Å². The highest BCUT2D eigenvalue weighted by Crippen LogP contribution is 2.27. The van der Waals surface area contributed by atoms with Gasteiger partial charge in [0.05, 0.1) is 6.61 Å². The maximum Gasteiger partial charge on any atom is 0.0637 e. The van der Waals surface area contributed by atoms with Crippen LogP contribution in [0.5, 0.6) is 0 Å². The van der Waals surface area contributed by atoms with Crippen molar-refractivity contribution in [1.82, 2.24) is 0 Å². The highest BCUT2D eigenvalue weighted by atomic mass is 16.5. The minimum Gasteiger partial charge on any atom is -0.383 e. The Bertz CT molecular complexity index is 352. The van der Waals surface area contributed by atoms with Crippen LogP contribution < -0.4 is 10.6 Å². The fourth-order valence-corrected chi connectivity index (χ4v) is 2.12. The van der Waals surface area contributed by atoms with Crippen LogP contribution in [-0.2, 0) is 4.74 Å². The molecular formula is C15H26N2O. The van der Waals surface area contributed by atoms with Crippen LogP contribution >= 0.6 is 0 Å². The van der Waals surface area contributed by atoms with Crippen LogP contribution in [0.2, 0.25) is 0 Å². The van der Waals surface area contributed by atoms with Gasteiger partial charge in [-0.05, 0) is 31.9 Å². The Morgan fingerprint density at radius 2 is 1.94 bits per heavy atom. The van der Waals surface area contributed by atoms with E-state index in [0.29, 0.717) is 6.04 Å². The van der Waals surface area contributed by atoms with Crippen LogP contribution in [0, 0.1) is 0 Å². The first-order valence-corrected chi connectivity index (χ1v) is 6.71. The summed E-state index contributed by atoms with van der Waals surface area (Å²) < 4.78 is 5.22. The SMILES string of the molecule is CCC(C)N(CCOC)c1ccccc1[C@H](C)N. The Hall–Kier alpha value is -1.06. The molecule has 0 fully saturated rings. The number of ether oxygens (including phenoxy) is 1. The molecule has 3 nitrogen and oxygen atoms in total. The Kier molecular flexibility index (Phi) is 6.16. The van der Waals surface area contributed by atoms with Crippen molar-refractivity contribution < 1.29 is 4.74 Å². The summed E-state index contributed by atoms with van der Waals surface area (Å²) in [5.41, 5.74) is 8.50. The van der Waals surface area contributed by atoms with E-state index in [-0.39, 0.29) is 6.04 Å². The Labute approximate surface area is 111 Å². The number of benzene rings is 1. The number of anilines is 1. The molecule has 0 aromatic heterocycles. The molecule has 0 spiro atoms. The van der Waals surface area contributed by atoms with Crippen LogP contribution in [-0.4, -0.2) is 26.3 Å². The molecule has 1 unspecified atom stereocenters. The first-order chi connectivity index (χ1) is 8.61. The van der Waals surface area contributed by atoms with Gasteiger partial charge in [-0.2, -0.15) is 0 Å². The van der Waals surface area contributed by atoms with Crippen molar-refractivity contribution in [3.8, 4) is 0 Å². The molecule has 3 heteroatoms. The number of hydrogen-bond donors (Lipinski definition) is 1. The van der Waals surface area contributed by atoms with Gasteiger partial charge in [0, 0.05) is 31.4 Å². The molecule has 0 heterocycles. The van der Waals surface area contributed by atoms with Crippen LogP contribution in [0.4, 0.5) is 5.69 Å². The van der Waals surface area contributed by atoms with Gasteiger partial charge >= 0.3 is 0 Å². The molecule has 102 valence electrons. The second-order valence-electron chi connectivity index (χ2n) is 4.79. The Morgan fingerprint density at radius 1 is 1.28 bits per heavy atom. The summed E-state index contributed by atoms with van der Waals surface area (Å²) in [6.07, 6.45) is 1.11. The predicted octanol–water partition coefficient (Wildman–Crippen LogP) is 2.96. The molecule has 0 aliphatic rings. The molecule has 18 heavy (non-hydrogen) atoms. The van der Waals surface area contributed by atoms with Crippen molar-refractivity contribution in [2.24, 2.45) is 5.73 Å². The average molecular weight is 250 g/mol. The summed E-state index contributed by atoms with van der Waals surface area (Å²) in [4.78, 5) is 2.39. The molecule has 1 rings (SSSR count). The number of methoxy groups -OCH3 is 1. The zero-order chi connectivity index (χ0) is 13.5. The zero-order valence-electron chi connectivity index (χ0n) is 12.0. The molecule has 0 aliphatic carbocycles. The highest BCUT2D eigenvalue weighted by Gasteiger charge is 2.17. The molecule has 0 bridgehead atoms. The molecule has 2 atom stereocenters. The highest BCUT2D eigenvalue weighted by molar-refractivity contribution is 5.55. The fraction of sp³-hybridized carbons (Fsp3) is 0.600. The topological polar surface area (TPSA) is 38.5 Å². The van der Waals surface area contributed by atoms with Crippen molar-refractivity contribution in [3.05, 3.63) is 29.8 Å². The smallest absolute Gasteiger partial charge is 0.0637 e. The molecule has 0 radical (unpaired) electrons. The van der Waals surface area contributed by atoms with E-state index < -0.39 is 0 Å². The van der Waals surface area contributed by atoms with Gasteiger partial charge in [0.15, 0.2) is 0 Å². The normalized spacial score (nSPS) is 14.3. The summed E-state index contributed by atoms with van der Waals surface area (Å²) in [5.74, 6) is 0. The molecule has 1 aromatic carbocycles. The quantitative estimate of drug-likeness (QED) is 0.808. The zero-order valence-corrected chi connectivity index (χ0v) is 12.0. The van der Waals surface area contributed by atoms with Crippen molar-refractivity contribution >= 4 is 5.69 Å². The van der Waals surface area contributed by atoms with Crippen LogP contribution in [0.1, 0.15) is 38.8 Å². The fourth-order valence-electron chi connectivity index (χ4n) is 2.12. The summed E-state index contributed by atoms with van der Waals surface area (Å²) in [6, 6.07) is 8.93. The van der Waals surface area contributed by atoms with Gasteiger partial charge in [0.25, 0.3) is 0 Å². The van der Waals surface area contributed by atoms with E-state index in [1.807, 2.05) is 13.0 Å². The summed E-state index contributed by atoms with van der Waals surface area (Å²) in [6.45, 7) is 8.11. The van der Waals surface area contributed by atoms with Crippen molar-refractivity contribution in [2.75, 3.05) is 25.2 Å². The van der Waals surface area contributed by atoms with Crippen LogP contribution in [0.3, 0.4) is 0 Å². The maximum atomic E-state index is 6.06. The second-order valence-corrected chi connectivity index (χ2v) is 4.79. The van der Waals surface area contributed by atoms with Crippen molar-refractivity contribution in [1.29, 1.82) is 0 Å². The molecule has 0 saturated carbocycles. The third kappa shape index (κ3) is 3.72. The molecule has 0 aliphatic heterocycles. The van der Waals surface area contributed by atoms with Crippen LogP contribution in [0.25, 0.3) is 0 Å². The molecule has 2 N–H and O–H groups in total. The third-order valence-electron chi connectivity index (χ3n) is 3.40. The molecule has 1 aromatic rings. The minimum absolute atomic E-state index is 0.0512. The van der Waals surface area contributed by atoms with Crippen LogP contribution in [0.15, 0.2) is 24.3 Å². The minimum atomic E-state index is 0.0512. The van der Waals surface area contributed by atoms with E-state index in [4.69, 9.17) is 10.5 Å². The van der Waals surface area contributed by atoms with Gasteiger partial charge in [0.1, 0.15) is 0 Å². The van der Waals surface area contributed by atoms with E-state index in [2.05, 4.69) is 36.9 Å². The Morgan fingerprint density at radius 3 is 2.50 bits per heavy atom. The van der Waals surface area contributed by atoms with Gasteiger partial charge in [-0.25, -0.2) is 0 Å². The number of rotatable bonds is 7. The van der Waals surface area contributed by atoms with Gasteiger partial charge in [-0.1, -0.05) is 25.1 Å². The van der Waals surface area contributed by atoms with Gasteiger partial charge < -0.3 is 15.4 Å². The molecule has 0 saturated heterocycles. The lowest BCUT2D eigenvalue weighted by Gasteiger charge is -2.33. The van der Waals surface area contributed by atoms with Crippen molar-refractivity contribution in [3.63, 3.8) is 0 Å². The number of hydrogen-bond acceptors (Lipinski definition) is 3. The average Bonchev–Trinajstić information content (AvgIpc) is 2.39. The molecule has 0 amide bonds. The lowest BCUT2D eigenvalue weighted by Crippen LogP contribution is -2.36. The van der Waals surface area contributed by atoms with Gasteiger partial charge in [0.2, 0.25) is 0 Å². The number of para-hydroxylation sites is 1. The number of nitrogens with two attached hydrogens (primary N) is 1. The summed E-state index contributed by atoms with van der Waals surface area (Å²) >= 11 is 0. The maximum absolute atomic E-state index is 6.06. The summed E-state index contributed by atoms with van der Waals surface area (Å²) in [7, 11) is 1.74. The number of nitrogens with zero attached hydrogens (tertiary/aromatic N) is 1. The largest absolute Gasteiger partial charge is 0.383 e. The van der Waals surface area contributed by atoms with E-state index >= 15 is 0 Å². The molecular weight excluding hydrogens is 224 g/mol. The third-order valence-corrected chi connectivity index (χ3v) is 3.40. The Balaban J connectivity index is 3.03. The van der Waals surface area contributed by atoms with E-state index in [9.17, 15) is 0 Å². The lowest BCUT2D eigenvalue weighted by molar-refractivity contribution is 0.203. The second kappa shape index (κ2) is 7.39. The predicted molar refractivity (Wildman–Crippen MR) is 78.0 cm³/mol. The first-order valence-electron chi connectivity index (χ1n) is 6.71. The van der Waals surface area contributed by atoms with Gasteiger partial charge in [-0.15, -0.1) is 0 Å². The lowest BCUT2D eigenvalue weighted by atomic mass is 10.0. The summed E-state index contributed by atoms with van der Waals surface area (Å²) in [5, 5.41) is 0. The monoisotopic (exact) mass is 250 g/mol. The van der Waals surface area contributed by atoms with E-state index in [1.165, 1.54) is 11.3 Å². The van der Waals surface area contributed by atoms with Gasteiger partial charge in [-0.3, -0.25) is 0 Å². The first kappa shape index (κ1) is 15.0. The standard InChI is InChI=1S/C15H26N2O/c1-5-12(2)17(10-11-18-4)15-9-7-6-8-14(15)13(3)16/h6-9,12-13H,5,10-11,16H2,1-4H3/t12?,13-/m0/s1.